The largest absolute Gasteiger partial charge is 0.481 e. The van der Waals surface area contributed by atoms with Gasteiger partial charge in [0.2, 0.25) is 5.91 Å². The number of allylic oxidation sites excluding steroid dienone is 3. The molecule has 0 saturated heterocycles. The van der Waals surface area contributed by atoms with Gasteiger partial charge in [0.05, 0.1) is 18.4 Å². The van der Waals surface area contributed by atoms with Gasteiger partial charge in [0, 0.05) is 46.1 Å². The van der Waals surface area contributed by atoms with E-state index in [0.717, 1.165) is 50.5 Å². The highest BCUT2D eigenvalue weighted by molar-refractivity contribution is 6.30. The Balaban J connectivity index is 1.03. The van der Waals surface area contributed by atoms with E-state index in [0.29, 0.717) is 30.2 Å². The van der Waals surface area contributed by atoms with E-state index in [-0.39, 0.29) is 94.0 Å². The van der Waals surface area contributed by atoms with Crippen molar-refractivity contribution >= 4 is 41.1 Å². The monoisotopic (exact) mass is 918 g/mol. The number of aliphatic carboxylic acids is 1. The summed E-state index contributed by atoms with van der Waals surface area (Å²) in [4.78, 5) is 67.4. The zero-order chi connectivity index (χ0) is 47.5. The third kappa shape index (κ3) is 6.86. The van der Waals surface area contributed by atoms with Crippen molar-refractivity contribution in [2.75, 3.05) is 13.1 Å². The number of amides is 2. The molecule has 5 fully saturated rings. The number of alkyl halides is 1. The molecule has 0 aliphatic heterocycles. The number of halogens is 2. The van der Waals surface area contributed by atoms with Crippen LogP contribution in [-0.2, 0) is 23.9 Å². The molecule has 8 rings (SSSR count). The third-order valence-electron chi connectivity index (χ3n) is 20.3. The summed E-state index contributed by atoms with van der Waals surface area (Å²) in [6.07, 6.45) is 10.2. The quantitative estimate of drug-likeness (QED) is 0.0863. The Hall–Kier alpha value is -3.57. The number of ketones is 1. The van der Waals surface area contributed by atoms with Crippen LogP contribution in [0.5, 0.6) is 0 Å². The molecule has 0 radical (unpaired) electrons. The zero-order valence-corrected chi connectivity index (χ0v) is 40.9. The van der Waals surface area contributed by atoms with Crippen LogP contribution in [0.4, 0.5) is 4.39 Å². The van der Waals surface area contributed by atoms with Gasteiger partial charge in [-0.15, -0.1) is 0 Å². The fourth-order valence-corrected chi connectivity index (χ4v) is 16.3. The number of rotatable bonds is 13. The molecule has 356 valence electrons. The van der Waals surface area contributed by atoms with Crippen LogP contribution in [0, 0.1) is 67.5 Å². The van der Waals surface area contributed by atoms with Gasteiger partial charge in [-0.3, -0.25) is 24.0 Å². The van der Waals surface area contributed by atoms with Crippen LogP contribution >= 0.6 is 11.6 Å². The van der Waals surface area contributed by atoms with Gasteiger partial charge in [-0.1, -0.05) is 84.2 Å². The molecule has 5 saturated carbocycles. The number of nitrogens with two attached hydrogens (primary N) is 1. The van der Waals surface area contributed by atoms with Gasteiger partial charge >= 0.3 is 11.9 Å². The predicted octanol–water partition coefficient (Wildman–Crippen LogP) is 9.93. The van der Waals surface area contributed by atoms with Gasteiger partial charge in [-0.05, 0) is 147 Å². The summed E-state index contributed by atoms with van der Waals surface area (Å²) in [6, 6.07) is 6.18. The van der Waals surface area contributed by atoms with Crippen LogP contribution in [0.15, 0.2) is 47.1 Å². The van der Waals surface area contributed by atoms with Crippen LogP contribution in [0.25, 0.3) is 0 Å². The minimum absolute atomic E-state index is 0.0115. The van der Waals surface area contributed by atoms with Crippen molar-refractivity contribution in [2.24, 2.45) is 73.2 Å². The Morgan fingerprint density at radius 1 is 0.938 bits per heavy atom. The zero-order valence-electron chi connectivity index (χ0n) is 40.2. The SMILES string of the molecule is CC1=C[C@@]23CC[C@]4(C)[C@H](CC[C@@H]5C6=C(C(C)C)C(=O)C[C@]6(CC(=O)NCC(F)(CCCN)NC(=O)c6ccc(Cl)cc6)CC[C@]54C)[C@@]2(C)CC[C@H](OC(=O)[C@H]2C[C@@H](C(=O)O)C2(C)C)[C@@]13C. The Labute approximate surface area is 390 Å². The first kappa shape index (κ1) is 47.9. The summed E-state index contributed by atoms with van der Waals surface area (Å²) in [5, 5.41) is 15.6. The van der Waals surface area contributed by atoms with E-state index in [2.05, 4.69) is 65.2 Å². The molecule has 1 unspecified atom stereocenters. The maximum Gasteiger partial charge on any atom is 0.309 e. The Morgan fingerprint density at radius 2 is 1.62 bits per heavy atom. The average Bonchev–Trinajstić information content (AvgIpc) is 3.52. The standard InChI is InChI=1S/C53H73ClFN3O7/c1-30(2)41-37(59)27-51(28-40(60)57-29-53(55,18-10-24-56)58-43(61)32-11-13-33(54)14-12-32)22-20-47(6)34(42(41)51)15-16-38-48(47,7)21-23-52-26-31(3)50(52,9)39(17-19-49(38,52)8)65-45(64)36-25-35(44(62)63)46(36,4)5/h11-14,26,30,34-36,38-39H,10,15-25,27-29,56H2,1-9H3,(H,57,60)(H,58,61)(H,62,63)/t34-,35+,36-,38+,39+,47-,48-,49-,50-,51+,52+,53?/m1/s1. The number of esters is 1. The van der Waals surface area contributed by atoms with Crippen molar-refractivity contribution < 1.29 is 38.2 Å². The Morgan fingerprint density at radius 3 is 2.23 bits per heavy atom. The summed E-state index contributed by atoms with van der Waals surface area (Å²) < 4.78 is 23.2. The number of carboxylic acids is 1. The number of hydrogen-bond acceptors (Lipinski definition) is 7. The number of hydrogen-bond donors (Lipinski definition) is 4. The molecule has 12 heteroatoms. The van der Waals surface area contributed by atoms with E-state index in [1.807, 2.05) is 13.8 Å². The Bertz CT molecular complexity index is 2240. The third-order valence-corrected chi connectivity index (χ3v) is 20.5. The number of ether oxygens (including phenoxy) is 1. The van der Waals surface area contributed by atoms with Crippen molar-refractivity contribution in [1.29, 1.82) is 0 Å². The first-order chi connectivity index (χ1) is 30.3. The molecule has 0 aromatic heterocycles. The highest BCUT2D eigenvalue weighted by Crippen LogP contribution is 2.83. The topological polar surface area (TPSA) is 165 Å². The van der Waals surface area contributed by atoms with E-state index < -0.39 is 46.9 Å². The molecule has 12 atom stereocenters. The first-order valence-electron chi connectivity index (χ1n) is 24.4. The number of nitrogens with one attached hydrogen (secondary N) is 2. The van der Waals surface area contributed by atoms with Crippen LogP contribution in [0.3, 0.4) is 0 Å². The smallest absolute Gasteiger partial charge is 0.309 e. The number of carbonyl (C=O) groups excluding carboxylic acids is 4. The summed E-state index contributed by atoms with van der Waals surface area (Å²) >= 11 is 6.02. The molecular formula is C53H73ClFN3O7. The second kappa shape index (κ2) is 16.0. The van der Waals surface area contributed by atoms with Crippen LogP contribution < -0.4 is 16.4 Å². The van der Waals surface area contributed by atoms with Crippen LogP contribution in [0.1, 0.15) is 156 Å². The highest BCUT2D eigenvalue weighted by atomic mass is 35.5. The van der Waals surface area contributed by atoms with Crippen molar-refractivity contribution in [3.8, 4) is 0 Å². The average molecular weight is 919 g/mol. The minimum atomic E-state index is -2.24. The van der Waals surface area contributed by atoms with E-state index in [1.165, 1.54) is 23.3 Å². The summed E-state index contributed by atoms with van der Waals surface area (Å²) in [7, 11) is 0. The molecule has 10 nitrogen and oxygen atoms in total. The van der Waals surface area contributed by atoms with Crippen LogP contribution in [0.2, 0.25) is 5.02 Å². The molecule has 0 bridgehead atoms. The number of carbonyl (C=O) groups is 5. The minimum Gasteiger partial charge on any atom is -0.481 e. The second-order valence-electron chi connectivity index (χ2n) is 23.5. The van der Waals surface area contributed by atoms with Gasteiger partial charge < -0.3 is 26.2 Å². The van der Waals surface area contributed by atoms with Gasteiger partial charge in [-0.25, -0.2) is 4.39 Å². The fraction of sp³-hybridized carbons (Fsp3) is 0.717. The second-order valence-corrected chi connectivity index (χ2v) is 24.0. The predicted molar refractivity (Wildman–Crippen MR) is 248 cm³/mol. The normalized spacial score (nSPS) is 39.7. The van der Waals surface area contributed by atoms with E-state index in [4.69, 9.17) is 22.1 Å². The van der Waals surface area contributed by atoms with Crippen molar-refractivity contribution in [3.63, 3.8) is 0 Å². The first-order valence-corrected chi connectivity index (χ1v) is 24.8. The lowest BCUT2D eigenvalue weighted by Crippen LogP contribution is -2.73. The van der Waals surface area contributed by atoms with E-state index >= 15 is 4.39 Å². The van der Waals surface area contributed by atoms with Crippen LogP contribution in [-0.4, -0.2) is 59.6 Å². The van der Waals surface area contributed by atoms with Gasteiger partial charge in [0.25, 0.3) is 5.91 Å². The molecule has 1 spiro atoms. The molecule has 1 aromatic carbocycles. The van der Waals surface area contributed by atoms with Crippen molar-refractivity contribution in [2.45, 2.75) is 158 Å². The van der Waals surface area contributed by atoms with E-state index in [1.54, 1.807) is 12.1 Å². The molecule has 65 heavy (non-hydrogen) atoms. The van der Waals surface area contributed by atoms with Crippen molar-refractivity contribution in [1.82, 2.24) is 10.6 Å². The van der Waals surface area contributed by atoms with Gasteiger partial charge in [-0.2, -0.15) is 0 Å². The van der Waals surface area contributed by atoms with Crippen molar-refractivity contribution in [3.05, 3.63) is 57.6 Å². The molecule has 2 amide bonds. The van der Waals surface area contributed by atoms with Gasteiger partial charge in [0.15, 0.2) is 11.6 Å². The molecule has 5 N–H and O–H groups in total. The molecule has 7 aliphatic carbocycles. The number of carboxylic acid groups (broad SMARTS) is 1. The summed E-state index contributed by atoms with van der Waals surface area (Å²) in [5.74, 6) is -4.71. The lowest BCUT2D eigenvalue weighted by atomic mass is 9.26. The molecule has 0 heterocycles. The maximum atomic E-state index is 16.6. The number of fused-ring (bicyclic) bond motifs is 6. The number of Topliss-reactive ketones (excluding diaryl/α,β-unsaturated/α-hetero) is 1. The molecule has 1 aromatic rings. The highest BCUT2D eigenvalue weighted by Gasteiger charge is 2.77. The Kier molecular flexibility index (Phi) is 11.8. The van der Waals surface area contributed by atoms with Gasteiger partial charge in [0.1, 0.15) is 6.10 Å². The lowest BCUT2D eigenvalue weighted by molar-refractivity contribution is -0.268. The molecule has 7 aliphatic rings. The fourth-order valence-electron chi connectivity index (χ4n) is 16.2. The lowest BCUT2D eigenvalue weighted by Gasteiger charge is -2.78. The number of benzene rings is 1. The molecular weight excluding hydrogens is 845 g/mol. The van der Waals surface area contributed by atoms with E-state index in [9.17, 15) is 29.1 Å². The summed E-state index contributed by atoms with van der Waals surface area (Å²) in [6.45, 7) is 19.7. The summed E-state index contributed by atoms with van der Waals surface area (Å²) in [5.41, 5.74) is 7.21. The maximum absolute atomic E-state index is 16.6.